The first-order chi connectivity index (χ1) is 9.25. The number of aliphatic hydroxyl groups is 1. The number of hydrogen-bond acceptors (Lipinski definition) is 4. The molecule has 4 nitrogen and oxygen atoms in total. The molecule has 0 spiro atoms. The van der Waals surface area contributed by atoms with E-state index in [0.717, 1.165) is 25.2 Å². The van der Waals surface area contributed by atoms with Crippen LogP contribution in [0.1, 0.15) is 12.5 Å². The van der Waals surface area contributed by atoms with Crippen LogP contribution in [0.5, 0.6) is 0 Å². The molecule has 2 rings (SSSR count). The van der Waals surface area contributed by atoms with Crippen molar-refractivity contribution in [2.24, 2.45) is 0 Å². The van der Waals surface area contributed by atoms with Crippen molar-refractivity contribution in [2.45, 2.75) is 25.7 Å². The van der Waals surface area contributed by atoms with Crippen LogP contribution in [-0.4, -0.2) is 54.9 Å². The first kappa shape index (κ1) is 14.5. The van der Waals surface area contributed by atoms with Crippen LogP contribution < -0.4 is 5.32 Å². The average molecular weight is 264 g/mol. The van der Waals surface area contributed by atoms with Gasteiger partial charge in [0.1, 0.15) is 0 Å². The lowest BCUT2D eigenvalue weighted by atomic mass is 10.2. The Balaban J connectivity index is 1.65. The molecule has 1 saturated heterocycles. The van der Waals surface area contributed by atoms with E-state index in [1.807, 2.05) is 30.3 Å². The molecule has 19 heavy (non-hydrogen) atoms. The number of rotatable bonds is 6. The van der Waals surface area contributed by atoms with Gasteiger partial charge in [-0.1, -0.05) is 30.3 Å². The highest BCUT2D eigenvalue weighted by Crippen LogP contribution is 2.05. The maximum absolute atomic E-state index is 10.0. The Kier molecular flexibility index (Phi) is 5.79. The predicted octanol–water partition coefficient (Wildman–Crippen LogP) is 0.858. The quantitative estimate of drug-likeness (QED) is 0.800. The maximum atomic E-state index is 10.0. The Bertz CT molecular complexity index is 358. The SMILES string of the molecule is CC1CNCCN1CC(O)COCc1ccccc1. The Labute approximate surface area is 115 Å². The molecule has 4 heteroatoms. The number of ether oxygens (including phenoxy) is 1. The van der Waals surface area contributed by atoms with Crippen molar-refractivity contribution in [1.82, 2.24) is 10.2 Å². The highest BCUT2D eigenvalue weighted by atomic mass is 16.5. The molecule has 1 aromatic rings. The summed E-state index contributed by atoms with van der Waals surface area (Å²) in [5, 5.41) is 13.4. The molecule has 1 aliphatic rings. The summed E-state index contributed by atoms with van der Waals surface area (Å²) in [6.07, 6.45) is -0.413. The van der Waals surface area contributed by atoms with Gasteiger partial charge in [-0.25, -0.2) is 0 Å². The minimum Gasteiger partial charge on any atom is -0.389 e. The molecule has 0 aliphatic carbocycles. The fourth-order valence-electron chi connectivity index (χ4n) is 2.36. The van der Waals surface area contributed by atoms with Crippen LogP contribution in [-0.2, 0) is 11.3 Å². The molecular weight excluding hydrogens is 240 g/mol. The van der Waals surface area contributed by atoms with Crippen LogP contribution in [0.3, 0.4) is 0 Å². The zero-order valence-corrected chi connectivity index (χ0v) is 11.6. The predicted molar refractivity (Wildman–Crippen MR) is 76.0 cm³/mol. The van der Waals surface area contributed by atoms with E-state index in [1.54, 1.807) is 0 Å². The van der Waals surface area contributed by atoms with Crippen LogP contribution in [0.25, 0.3) is 0 Å². The smallest absolute Gasteiger partial charge is 0.0900 e. The third-order valence-corrected chi connectivity index (χ3v) is 3.51. The van der Waals surface area contributed by atoms with Gasteiger partial charge in [0.15, 0.2) is 0 Å². The average Bonchev–Trinajstić information content (AvgIpc) is 2.43. The third kappa shape index (κ3) is 4.91. The molecule has 2 N–H and O–H groups in total. The van der Waals surface area contributed by atoms with Crippen molar-refractivity contribution < 1.29 is 9.84 Å². The molecular formula is C15H24N2O2. The van der Waals surface area contributed by atoms with Crippen molar-refractivity contribution in [1.29, 1.82) is 0 Å². The maximum Gasteiger partial charge on any atom is 0.0900 e. The Morgan fingerprint density at radius 2 is 2.21 bits per heavy atom. The minimum atomic E-state index is -0.413. The number of nitrogens with zero attached hydrogens (tertiary/aromatic N) is 1. The van der Waals surface area contributed by atoms with Crippen LogP contribution in [0.4, 0.5) is 0 Å². The van der Waals surface area contributed by atoms with Gasteiger partial charge in [-0.2, -0.15) is 0 Å². The van der Waals surface area contributed by atoms with E-state index in [4.69, 9.17) is 4.74 Å². The molecule has 2 atom stereocenters. The van der Waals surface area contributed by atoms with E-state index < -0.39 is 6.10 Å². The largest absolute Gasteiger partial charge is 0.389 e. The summed E-state index contributed by atoms with van der Waals surface area (Å²) in [6, 6.07) is 10.5. The lowest BCUT2D eigenvalue weighted by Gasteiger charge is -2.35. The minimum absolute atomic E-state index is 0.394. The summed E-state index contributed by atoms with van der Waals surface area (Å²) < 4.78 is 5.57. The lowest BCUT2D eigenvalue weighted by Crippen LogP contribution is -2.52. The van der Waals surface area contributed by atoms with Gasteiger partial charge in [-0.3, -0.25) is 4.90 Å². The van der Waals surface area contributed by atoms with Gasteiger partial charge in [0.25, 0.3) is 0 Å². The molecule has 2 unspecified atom stereocenters. The highest BCUT2D eigenvalue weighted by molar-refractivity contribution is 5.13. The summed E-state index contributed by atoms with van der Waals surface area (Å²) in [4.78, 5) is 2.31. The zero-order chi connectivity index (χ0) is 13.5. The number of nitrogens with one attached hydrogen (secondary N) is 1. The van der Waals surface area contributed by atoms with Gasteiger partial charge in [0.2, 0.25) is 0 Å². The zero-order valence-electron chi connectivity index (χ0n) is 11.6. The van der Waals surface area contributed by atoms with E-state index in [1.165, 1.54) is 0 Å². The summed E-state index contributed by atoms with van der Waals surface area (Å²) in [7, 11) is 0. The second-order valence-electron chi connectivity index (χ2n) is 5.20. The molecule has 0 radical (unpaired) electrons. The third-order valence-electron chi connectivity index (χ3n) is 3.51. The number of β-amino-alcohol motifs (C(OH)–C–C–N with tert-alkyl or cyclic N) is 1. The Morgan fingerprint density at radius 1 is 1.42 bits per heavy atom. The normalized spacial score (nSPS) is 22.3. The topological polar surface area (TPSA) is 44.7 Å². The highest BCUT2D eigenvalue weighted by Gasteiger charge is 2.20. The van der Waals surface area contributed by atoms with E-state index in [2.05, 4.69) is 17.1 Å². The van der Waals surface area contributed by atoms with Gasteiger partial charge in [0, 0.05) is 32.2 Å². The molecule has 1 heterocycles. The van der Waals surface area contributed by atoms with Crippen LogP contribution in [0, 0.1) is 0 Å². The van der Waals surface area contributed by atoms with Crippen molar-refractivity contribution in [3.63, 3.8) is 0 Å². The van der Waals surface area contributed by atoms with Crippen LogP contribution >= 0.6 is 0 Å². The fourth-order valence-corrected chi connectivity index (χ4v) is 2.36. The Morgan fingerprint density at radius 3 is 2.95 bits per heavy atom. The van der Waals surface area contributed by atoms with Crippen molar-refractivity contribution in [3.8, 4) is 0 Å². The second kappa shape index (κ2) is 7.60. The van der Waals surface area contributed by atoms with Gasteiger partial charge in [-0.05, 0) is 12.5 Å². The van der Waals surface area contributed by atoms with E-state index in [9.17, 15) is 5.11 Å². The molecule has 1 aromatic carbocycles. The molecule has 0 saturated carbocycles. The standard InChI is InChI=1S/C15H24N2O2/c1-13-9-16-7-8-17(13)10-15(18)12-19-11-14-5-3-2-4-6-14/h2-6,13,15-16,18H,7-12H2,1H3. The van der Waals surface area contributed by atoms with Crippen LogP contribution in [0.2, 0.25) is 0 Å². The van der Waals surface area contributed by atoms with E-state index in [-0.39, 0.29) is 0 Å². The molecule has 0 bridgehead atoms. The summed E-state index contributed by atoms with van der Waals surface area (Å²) in [5.41, 5.74) is 1.14. The summed E-state index contributed by atoms with van der Waals surface area (Å²) >= 11 is 0. The molecule has 0 aromatic heterocycles. The van der Waals surface area contributed by atoms with E-state index >= 15 is 0 Å². The van der Waals surface area contributed by atoms with Crippen molar-refractivity contribution in [3.05, 3.63) is 35.9 Å². The molecule has 1 aliphatic heterocycles. The van der Waals surface area contributed by atoms with Crippen LogP contribution in [0.15, 0.2) is 30.3 Å². The number of benzene rings is 1. The van der Waals surface area contributed by atoms with Gasteiger partial charge in [0.05, 0.1) is 19.3 Å². The van der Waals surface area contributed by atoms with E-state index in [0.29, 0.717) is 25.8 Å². The lowest BCUT2D eigenvalue weighted by molar-refractivity contribution is 0.000522. The molecule has 106 valence electrons. The van der Waals surface area contributed by atoms with Gasteiger partial charge < -0.3 is 15.2 Å². The Hall–Kier alpha value is -0.940. The number of aliphatic hydroxyl groups excluding tert-OH is 1. The second-order valence-corrected chi connectivity index (χ2v) is 5.20. The summed E-state index contributed by atoms with van der Waals surface area (Å²) in [6.45, 7) is 6.83. The number of hydrogen-bond donors (Lipinski definition) is 2. The van der Waals surface area contributed by atoms with Gasteiger partial charge in [-0.15, -0.1) is 0 Å². The number of piperazine rings is 1. The van der Waals surface area contributed by atoms with Crippen molar-refractivity contribution >= 4 is 0 Å². The first-order valence-corrected chi connectivity index (χ1v) is 7.00. The monoisotopic (exact) mass is 264 g/mol. The fraction of sp³-hybridized carbons (Fsp3) is 0.600. The van der Waals surface area contributed by atoms with Crippen molar-refractivity contribution in [2.75, 3.05) is 32.8 Å². The molecule has 0 amide bonds. The van der Waals surface area contributed by atoms with Gasteiger partial charge >= 0.3 is 0 Å². The summed E-state index contributed by atoms with van der Waals surface area (Å²) in [5.74, 6) is 0. The molecule has 1 fully saturated rings. The first-order valence-electron chi connectivity index (χ1n) is 7.00.